The molecular formula is C23H41O7P. The summed E-state index contributed by atoms with van der Waals surface area (Å²) in [5.41, 5.74) is 0. The first-order chi connectivity index (χ1) is 15.0. The lowest BCUT2D eigenvalue weighted by Crippen LogP contribution is -2.21. The van der Waals surface area contributed by atoms with Crippen LogP contribution in [0.25, 0.3) is 0 Å². The fourth-order valence-corrected chi connectivity index (χ4v) is 3.77. The Hall–Kier alpha value is -0.950. The number of para-hydroxylation sites is 1. The van der Waals surface area contributed by atoms with Crippen LogP contribution in [0.5, 0.6) is 5.75 Å². The third-order valence-corrected chi connectivity index (χ3v) is 5.40. The molecule has 0 aromatic heterocycles. The molecule has 0 saturated heterocycles. The van der Waals surface area contributed by atoms with E-state index in [1.807, 2.05) is 30.3 Å². The lowest BCUT2D eigenvalue weighted by atomic mass is 10.1. The predicted molar refractivity (Wildman–Crippen MR) is 122 cm³/mol. The molecule has 180 valence electrons. The summed E-state index contributed by atoms with van der Waals surface area (Å²) < 4.78 is 32.6. The normalized spacial score (nSPS) is 12.7. The van der Waals surface area contributed by atoms with Crippen molar-refractivity contribution in [2.45, 2.75) is 77.2 Å². The van der Waals surface area contributed by atoms with Crippen LogP contribution in [-0.2, 0) is 18.6 Å². The lowest BCUT2D eigenvalue weighted by molar-refractivity contribution is -0.00355. The van der Waals surface area contributed by atoms with Crippen molar-refractivity contribution >= 4 is 7.82 Å². The first-order valence-electron chi connectivity index (χ1n) is 11.6. The molecule has 1 atom stereocenters. The third kappa shape index (κ3) is 18.3. The van der Waals surface area contributed by atoms with Gasteiger partial charge in [0.05, 0.1) is 32.5 Å². The van der Waals surface area contributed by atoms with Crippen LogP contribution in [0.1, 0.15) is 71.1 Å². The maximum absolute atomic E-state index is 11.2. The molecule has 0 aliphatic heterocycles. The summed E-state index contributed by atoms with van der Waals surface area (Å²) in [5.74, 6) is 0.802. The molecule has 0 aliphatic rings. The molecular weight excluding hydrogens is 419 g/mol. The SMILES string of the molecule is CCCCCCCCCCCC(COCCOCCOc1ccccc1)OP(=O)(O)O. The molecule has 0 saturated carbocycles. The zero-order valence-electron chi connectivity index (χ0n) is 19.0. The standard InChI is InChI=1S/C23H41O7P/c1-2-3-4-5-6-7-8-9-11-16-23(30-31(24,25)26)21-28-18-17-27-19-20-29-22-14-12-10-13-15-22/h10,12-15,23H,2-9,11,16-21H2,1H3,(H2,24,25,26). The second kappa shape index (κ2) is 18.6. The number of hydrogen-bond donors (Lipinski definition) is 2. The Morgan fingerprint density at radius 3 is 2.03 bits per heavy atom. The van der Waals surface area contributed by atoms with Crippen LogP contribution in [0.4, 0.5) is 0 Å². The van der Waals surface area contributed by atoms with Crippen LogP contribution in [0.3, 0.4) is 0 Å². The van der Waals surface area contributed by atoms with Gasteiger partial charge in [0, 0.05) is 0 Å². The van der Waals surface area contributed by atoms with Crippen molar-refractivity contribution in [2.24, 2.45) is 0 Å². The number of unbranched alkanes of at least 4 members (excludes halogenated alkanes) is 8. The van der Waals surface area contributed by atoms with Crippen LogP contribution >= 0.6 is 7.82 Å². The Bertz CT molecular complexity index is 564. The summed E-state index contributed by atoms with van der Waals surface area (Å²) in [6, 6.07) is 9.53. The largest absolute Gasteiger partial charge is 0.491 e. The fraction of sp³-hybridized carbons (Fsp3) is 0.739. The van der Waals surface area contributed by atoms with E-state index >= 15 is 0 Å². The average molecular weight is 461 g/mol. The summed E-state index contributed by atoms with van der Waals surface area (Å²) in [7, 11) is -4.53. The molecule has 0 amide bonds. The van der Waals surface area contributed by atoms with E-state index in [1.165, 1.54) is 38.5 Å². The minimum atomic E-state index is -4.53. The highest BCUT2D eigenvalue weighted by Gasteiger charge is 2.22. The minimum absolute atomic E-state index is 0.145. The van der Waals surface area contributed by atoms with Crippen LogP contribution in [0.2, 0.25) is 0 Å². The third-order valence-electron chi connectivity index (χ3n) is 4.83. The summed E-state index contributed by atoms with van der Waals surface area (Å²) in [5, 5.41) is 0. The number of phosphoric ester groups is 1. The van der Waals surface area contributed by atoms with Crippen LogP contribution in [0, 0.1) is 0 Å². The molecule has 1 rings (SSSR count). The molecule has 8 heteroatoms. The Balaban J connectivity index is 2.05. The number of benzene rings is 1. The quantitative estimate of drug-likeness (QED) is 0.185. The van der Waals surface area contributed by atoms with E-state index in [1.54, 1.807) is 0 Å². The van der Waals surface area contributed by atoms with Crippen molar-refractivity contribution in [3.8, 4) is 5.75 Å². The molecule has 7 nitrogen and oxygen atoms in total. The first-order valence-corrected chi connectivity index (χ1v) is 13.1. The monoisotopic (exact) mass is 460 g/mol. The Morgan fingerprint density at radius 2 is 1.39 bits per heavy atom. The molecule has 0 fully saturated rings. The van der Waals surface area contributed by atoms with E-state index in [0.29, 0.717) is 32.8 Å². The number of ether oxygens (including phenoxy) is 3. The van der Waals surface area contributed by atoms with Gasteiger partial charge in [-0.25, -0.2) is 4.57 Å². The minimum Gasteiger partial charge on any atom is -0.491 e. The van der Waals surface area contributed by atoms with Crippen LogP contribution in [0.15, 0.2) is 30.3 Å². The van der Waals surface area contributed by atoms with Gasteiger partial charge in [-0.2, -0.15) is 0 Å². The van der Waals surface area contributed by atoms with Gasteiger partial charge in [-0.1, -0.05) is 82.9 Å². The van der Waals surface area contributed by atoms with Crippen LogP contribution < -0.4 is 4.74 Å². The topological polar surface area (TPSA) is 94.5 Å². The number of rotatable bonds is 21. The maximum atomic E-state index is 11.2. The van der Waals surface area contributed by atoms with E-state index in [2.05, 4.69) is 6.92 Å². The van der Waals surface area contributed by atoms with E-state index < -0.39 is 13.9 Å². The van der Waals surface area contributed by atoms with Gasteiger partial charge < -0.3 is 24.0 Å². The van der Waals surface area contributed by atoms with Gasteiger partial charge in [0.15, 0.2) is 0 Å². The van der Waals surface area contributed by atoms with Crippen molar-refractivity contribution < 1.29 is 33.1 Å². The first kappa shape index (κ1) is 28.1. The van der Waals surface area contributed by atoms with E-state index in [0.717, 1.165) is 25.0 Å². The highest BCUT2D eigenvalue weighted by atomic mass is 31.2. The zero-order valence-corrected chi connectivity index (χ0v) is 19.8. The number of phosphoric acid groups is 1. The van der Waals surface area contributed by atoms with Crippen molar-refractivity contribution in [2.75, 3.05) is 33.0 Å². The van der Waals surface area contributed by atoms with Gasteiger partial charge in [0.1, 0.15) is 12.4 Å². The van der Waals surface area contributed by atoms with Gasteiger partial charge in [-0.15, -0.1) is 0 Å². The molecule has 0 heterocycles. The van der Waals surface area contributed by atoms with E-state index in [4.69, 9.17) is 28.5 Å². The summed E-state index contributed by atoms with van der Waals surface area (Å²) in [6.45, 7) is 3.98. The van der Waals surface area contributed by atoms with Crippen molar-refractivity contribution in [1.29, 1.82) is 0 Å². The highest BCUT2D eigenvalue weighted by molar-refractivity contribution is 7.46. The van der Waals surface area contributed by atoms with Crippen LogP contribution in [-0.4, -0.2) is 48.9 Å². The van der Waals surface area contributed by atoms with Crippen molar-refractivity contribution in [3.05, 3.63) is 30.3 Å². The Kier molecular flexibility index (Phi) is 16.9. The molecule has 1 unspecified atom stereocenters. The van der Waals surface area contributed by atoms with Crippen molar-refractivity contribution in [3.63, 3.8) is 0 Å². The molecule has 0 aliphatic carbocycles. The molecule has 0 bridgehead atoms. The average Bonchev–Trinajstić information content (AvgIpc) is 2.74. The maximum Gasteiger partial charge on any atom is 0.469 e. The number of hydrogen-bond acceptors (Lipinski definition) is 5. The van der Waals surface area contributed by atoms with Gasteiger partial charge in [-0.3, -0.25) is 4.52 Å². The van der Waals surface area contributed by atoms with Gasteiger partial charge >= 0.3 is 7.82 Å². The molecule has 31 heavy (non-hydrogen) atoms. The van der Waals surface area contributed by atoms with Gasteiger partial charge in [0.25, 0.3) is 0 Å². The zero-order chi connectivity index (χ0) is 22.6. The predicted octanol–water partition coefficient (Wildman–Crippen LogP) is 5.50. The second-order valence-corrected chi connectivity index (χ2v) is 8.88. The Morgan fingerprint density at radius 1 is 0.806 bits per heavy atom. The molecule has 0 spiro atoms. The molecule has 2 N–H and O–H groups in total. The molecule has 0 radical (unpaired) electrons. The second-order valence-electron chi connectivity index (χ2n) is 7.68. The molecule has 1 aromatic rings. The summed E-state index contributed by atoms with van der Waals surface area (Å²) in [6.07, 6.45) is 10.7. The van der Waals surface area contributed by atoms with Gasteiger partial charge in [-0.05, 0) is 18.6 Å². The highest BCUT2D eigenvalue weighted by Crippen LogP contribution is 2.38. The lowest BCUT2D eigenvalue weighted by Gasteiger charge is -2.18. The summed E-state index contributed by atoms with van der Waals surface area (Å²) >= 11 is 0. The summed E-state index contributed by atoms with van der Waals surface area (Å²) in [4.78, 5) is 18.2. The van der Waals surface area contributed by atoms with Gasteiger partial charge in [0.2, 0.25) is 0 Å². The fourth-order valence-electron chi connectivity index (χ4n) is 3.21. The Labute approximate surface area is 187 Å². The smallest absolute Gasteiger partial charge is 0.469 e. The molecule has 1 aromatic carbocycles. The van der Waals surface area contributed by atoms with E-state index in [-0.39, 0.29) is 6.61 Å². The van der Waals surface area contributed by atoms with E-state index in [9.17, 15) is 4.57 Å². The van der Waals surface area contributed by atoms with Crippen molar-refractivity contribution in [1.82, 2.24) is 0 Å².